The van der Waals surface area contributed by atoms with Gasteiger partial charge in [0.25, 0.3) is 0 Å². The minimum Gasteiger partial charge on any atom is -0.481 e. The summed E-state index contributed by atoms with van der Waals surface area (Å²) in [7, 11) is -1.02. The van der Waals surface area contributed by atoms with Gasteiger partial charge in [0.2, 0.25) is 0 Å². The molecule has 0 aliphatic heterocycles. The normalized spacial score (nSPS) is 17.5. The number of hydrogen-bond acceptors (Lipinski definition) is 2. The van der Waals surface area contributed by atoms with Gasteiger partial charge in [-0.15, -0.1) is 0 Å². The lowest BCUT2D eigenvalue weighted by Crippen LogP contribution is -2.02. The third-order valence-corrected chi connectivity index (χ3v) is 5.67. The number of benzene rings is 2. The van der Waals surface area contributed by atoms with E-state index in [2.05, 4.69) is 0 Å². The average Bonchev–Trinajstić information content (AvgIpc) is 2.80. The van der Waals surface area contributed by atoms with Gasteiger partial charge >= 0.3 is 5.97 Å². The molecule has 3 rings (SSSR count). The molecule has 0 saturated carbocycles. The Bertz CT molecular complexity index is 884. The molecule has 1 N–H and O–H groups in total. The van der Waals surface area contributed by atoms with Gasteiger partial charge in [0.1, 0.15) is 5.82 Å². The van der Waals surface area contributed by atoms with Crippen molar-refractivity contribution in [2.45, 2.75) is 30.6 Å². The van der Waals surface area contributed by atoms with E-state index >= 15 is 0 Å². The predicted octanol–water partition coefficient (Wildman–Crippen LogP) is 4.15. The fourth-order valence-corrected chi connectivity index (χ4v) is 3.97. The Kier molecular flexibility index (Phi) is 4.86. The molecule has 0 fully saturated rings. The van der Waals surface area contributed by atoms with Gasteiger partial charge in [0.05, 0.1) is 6.42 Å². The summed E-state index contributed by atoms with van der Waals surface area (Å²) in [4.78, 5) is 12.0. The summed E-state index contributed by atoms with van der Waals surface area (Å²) in [5, 5.41) is 9.19. The SMILES string of the molecule is CC1=C(CC(=O)O)c2cc(F)ccc2C1Cc1ccc([S@@](C)=O)cc1. The van der Waals surface area contributed by atoms with Gasteiger partial charge in [-0.05, 0) is 59.9 Å². The molecule has 25 heavy (non-hydrogen) atoms. The van der Waals surface area contributed by atoms with Crippen molar-refractivity contribution in [3.63, 3.8) is 0 Å². The topological polar surface area (TPSA) is 54.4 Å². The Morgan fingerprint density at radius 3 is 2.48 bits per heavy atom. The number of carboxylic acid groups (broad SMARTS) is 1. The second kappa shape index (κ2) is 6.92. The number of fused-ring (bicyclic) bond motifs is 1. The maximum atomic E-state index is 13.7. The average molecular weight is 358 g/mol. The van der Waals surface area contributed by atoms with Crippen LogP contribution >= 0.6 is 0 Å². The van der Waals surface area contributed by atoms with Crippen molar-refractivity contribution in [1.29, 1.82) is 0 Å². The fourth-order valence-electron chi connectivity index (χ4n) is 3.45. The summed E-state index contributed by atoms with van der Waals surface area (Å²) in [6, 6.07) is 12.2. The van der Waals surface area contributed by atoms with E-state index < -0.39 is 16.8 Å². The Hall–Kier alpha value is -2.27. The van der Waals surface area contributed by atoms with E-state index in [1.165, 1.54) is 12.1 Å². The predicted molar refractivity (Wildman–Crippen MR) is 96.5 cm³/mol. The summed E-state index contributed by atoms with van der Waals surface area (Å²) < 4.78 is 25.2. The van der Waals surface area contributed by atoms with Crippen LogP contribution in [0.2, 0.25) is 0 Å². The van der Waals surface area contributed by atoms with Gasteiger partial charge < -0.3 is 5.11 Å². The van der Waals surface area contributed by atoms with E-state index in [4.69, 9.17) is 0 Å². The zero-order valence-electron chi connectivity index (χ0n) is 14.1. The van der Waals surface area contributed by atoms with Gasteiger partial charge in [-0.1, -0.05) is 23.8 Å². The minimum atomic E-state index is -1.02. The number of carbonyl (C=O) groups is 1. The molecule has 2 atom stereocenters. The Morgan fingerprint density at radius 1 is 1.20 bits per heavy atom. The van der Waals surface area contributed by atoms with Crippen LogP contribution in [-0.2, 0) is 22.0 Å². The molecule has 1 aliphatic carbocycles. The highest BCUT2D eigenvalue weighted by molar-refractivity contribution is 7.84. The van der Waals surface area contributed by atoms with Crippen LogP contribution in [0.15, 0.2) is 52.9 Å². The van der Waals surface area contributed by atoms with Crippen molar-refractivity contribution < 1.29 is 18.5 Å². The van der Waals surface area contributed by atoms with Crippen LogP contribution in [-0.4, -0.2) is 21.5 Å². The third kappa shape index (κ3) is 3.56. The summed E-state index contributed by atoms with van der Waals surface area (Å²) in [5.41, 5.74) is 4.43. The van der Waals surface area contributed by atoms with E-state index in [0.29, 0.717) is 17.6 Å². The number of rotatable bonds is 5. The summed E-state index contributed by atoms with van der Waals surface area (Å²) >= 11 is 0. The fraction of sp³-hybridized carbons (Fsp3) is 0.250. The van der Waals surface area contributed by atoms with Gasteiger partial charge in [0, 0.05) is 27.9 Å². The number of halogens is 1. The van der Waals surface area contributed by atoms with Crippen molar-refractivity contribution in [2.75, 3.05) is 6.26 Å². The minimum absolute atomic E-state index is 0.0305. The number of allylic oxidation sites excluding steroid dienone is 1. The molecule has 130 valence electrons. The maximum absolute atomic E-state index is 13.7. The summed E-state index contributed by atoms with van der Waals surface area (Å²) in [6.45, 7) is 1.93. The Morgan fingerprint density at radius 2 is 1.88 bits per heavy atom. The first-order chi connectivity index (χ1) is 11.9. The molecule has 1 unspecified atom stereocenters. The smallest absolute Gasteiger partial charge is 0.307 e. The van der Waals surface area contributed by atoms with Crippen molar-refractivity contribution in [3.8, 4) is 0 Å². The molecule has 2 aromatic carbocycles. The summed E-state index contributed by atoms with van der Waals surface area (Å²) in [6.07, 6.45) is 2.23. The van der Waals surface area contributed by atoms with Gasteiger partial charge in [-0.2, -0.15) is 0 Å². The lowest BCUT2D eigenvalue weighted by molar-refractivity contribution is -0.135. The van der Waals surface area contributed by atoms with Crippen molar-refractivity contribution in [1.82, 2.24) is 0 Å². The van der Waals surface area contributed by atoms with Crippen LogP contribution in [0.1, 0.15) is 36.0 Å². The lowest BCUT2D eigenvalue weighted by Gasteiger charge is -2.15. The molecule has 1 aliphatic rings. The first kappa shape index (κ1) is 17.5. The summed E-state index contributed by atoms with van der Waals surface area (Å²) in [5.74, 6) is -1.24. The van der Waals surface area contributed by atoms with Gasteiger partial charge in [-0.25, -0.2) is 4.39 Å². The van der Waals surface area contributed by atoms with Crippen LogP contribution in [0.3, 0.4) is 0 Å². The highest BCUT2D eigenvalue weighted by Gasteiger charge is 2.30. The number of hydrogen-bond donors (Lipinski definition) is 1. The van der Waals surface area contributed by atoms with E-state index in [1.54, 1.807) is 12.3 Å². The second-order valence-electron chi connectivity index (χ2n) is 6.32. The maximum Gasteiger partial charge on any atom is 0.307 e. The molecular formula is C20H19FO3S. The quantitative estimate of drug-likeness (QED) is 0.873. The molecule has 0 aromatic heterocycles. The van der Waals surface area contributed by atoms with Crippen LogP contribution in [0, 0.1) is 5.82 Å². The van der Waals surface area contributed by atoms with Crippen molar-refractivity contribution in [2.24, 2.45) is 0 Å². The first-order valence-electron chi connectivity index (χ1n) is 8.00. The molecule has 3 nitrogen and oxygen atoms in total. The van der Waals surface area contributed by atoms with Gasteiger partial charge in [-0.3, -0.25) is 9.00 Å². The Balaban J connectivity index is 1.96. The van der Waals surface area contributed by atoms with Crippen LogP contribution < -0.4 is 0 Å². The van der Waals surface area contributed by atoms with E-state index in [0.717, 1.165) is 21.6 Å². The second-order valence-corrected chi connectivity index (χ2v) is 7.70. The molecule has 0 amide bonds. The zero-order valence-corrected chi connectivity index (χ0v) is 14.9. The van der Waals surface area contributed by atoms with Gasteiger partial charge in [0.15, 0.2) is 0 Å². The molecule has 0 saturated heterocycles. The number of aliphatic carboxylic acids is 1. The molecule has 0 heterocycles. The van der Waals surface area contributed by atoms with Crippen molar-refractivity contribution in [3.05, 3.63) is 70.5 Å². The molecule has 0 bridgehead atoms. The van der Waals surface area contributed by atoms with Crippen LogP contribution in [0.25, 0.3) is 5.57 Å². The Labute approximate surface area is 148 Å². The molecule has 5 heteroatoms. The molecule has 0 radical (unpaired) electrons. The first-order valence-corrected chi connectivity index (χ1v) is 9.56. The third-order valence-electron chi connectivity index (χ3n) is 4.74. The highest BCUT2D eigenvalue weighted by atomic mass is 32.2. The van der Waals surface area contributed by atoms with Crippen LogP contribution in [0.5, 0.6) is 0 Å². The zero-order chi connectivity index (χ0) is 18.1. The lowest BCUT2D eigenvalue weighted by atomic mass is 9.90. The van der Waals surface area contributed by atoms with E-state index in [1.807, 2.05) is 31.2 Å². The monoisotopic (exact) mass is 358 g/mol. The number of carboxylic acids is 1. The van der Waals surface area contributed by atoms with E-state index in [-0.39, 0.29) is 18.2 Å². The largest absolute Gasteiger partial charge is 0.481 e. The highest BCUT2D eigenvalue weighted by Crippen LogP contribution is 2.45. The van der Waals surface area contributed by atoms with Crippen molar-refractivity contribution >= 4 is 22.3 Å². The molecule has 2 aromatic rings. The van der Waals surface area contributed by atoms with Crippen LogP contribution in [0.4, 0.5) is 4.39 Å². The molecule has 0 spiro atoms. The van der Waals surface area contributed by atoms with E-state index in [9.17, 15) is 18.5 Å². The standard InChI is InChI=1S/C20H19FO3S/c1-12-17(9-13-3-6-15(7-4-13)25(2)24)16-8-5-14(21)10-19(16)18(12)11-20(22)23/h3-8,10,17H,9,11H2,1-2H3,(H,22,23)/t17?,25-/m1/s1. The molecular weight excluding hydrogens is 339 g/mol.